The van der Waals surface area contributed by atoms with Gasteiger partial charge in [-0.3, -0.25) is 9.59 Å². The first-order chi connectivity index (χ1) is 35.0. The number of carbonyl (C=O) groups is 2. The number of aliphatic hydroxyl groups excluding tert-OH is 2. The van der Waals surface area contributed by atoms with Gasteiger partial charge in [-0.05, 0) is 57.8 Å². The van der Waals surface area contributed by atoms with Crippen LogP contribution in [0.3, 0.4) is 0 Å². The highest BCUT2D eigenvalue weighted by atomic mass is 16.5. The number of hydrogen-bond acceptors (Lipinski definition) is 5. The molecule has 0 rings (SSSR count). The van der Waals surface area contributed by atoms with E-state index in [0.29, 0.717) is 19.4 Å². The van der Waals surface area contributed by atoms with E-state index in [1.54, 1.807) is 6.08 Å². The summed E-state index contributed by atoms with van der Waals surface area (Å²) in [5.74, 6) is -0.0604. The molecule has 0 saturated carbocycles. The summed E-state index contributed by atoms with van der Waals surface area (Å²) < 4.78 is 5.48. The van der Waals surface area contributed by atoms with Gasteiger partial charge in [-0.25, -0.2) is 0 Å². The molecule has 0 saturated heterocycles. The number of rotatable bonds is 59. The summed E-state index contributed by atoms with van der Waals surface area (Å²) in [7, 11) is 0. The minimum atomic E-state index is -0.839. The van der Waals surface area contributed by atoms with Crippen LogP contribution in [-0.2, 0) is 14.3 Å². The molecule has 2 unspecified atom stereocenters. The third-order valence-electron chi connectivity index (χ3n) is 14.7. The number of nitrogens with one attached hydrogen (secondary N) is 1. The zero-order chi connectivity index (χ0) is 51.4. The van der Waals surface area contributed by atoms with Crippen LogP contribution in [0.25, 0.3) is 0 Å². The Morgan fingerprint density at radius 2 is 0.718 bits per heavy atom. The van der Waals surface area contributed by atoms with Crippen LogP contribution in [0.15, 0.2) is 36.5 Å². The monoisotopic (exact) mass is 998 g/mol. The summed E-state index contributed by atoms with van der Waals surface area (Å²) in [6, 6.07) is -0.623. The van der Waals surface area contributed by atoms with Crippen LogP contribution in [0.4, 0.5) is 0 Å². The van der Waals surface area contributed by atoms with Crippen LogP contribution in [0.1, 0.15) is 341 Å². The van der Waals surface area contributed by atoms with Crippen LogP contribution in [0.2, 0.25) is 0 Å². The Morgan fingerprint density at radius 1 is 0.394 bits per heavy atom. The predicted octanol–water partition coefficient (Wildman–Crippen LogP) is 20.0. The molecule has 0 aliphatic carbocycles. The second-order valence-electron chi connectivity index (χ2n) is 21.7. The number of allylic oxidation sites excluding steroid dienone is 5. The van der Waals surface area contributed by atoms with Crippen molar-refractivity contribution in [2.75, 3.05) is 13.2 Å². The fourth-order valence-electron chi connectivity index (χ4n) is 9.77. The zero-order valence-electron chi connectivity index (χ0n) is 47.7. The first-order valence-corrected chi connectivity index (χ1v) is 31.8. The highest BCUT2D eigenvalue weighted by Gasteiger charge is 2.18. The fourth-order valence-corrected chi connectivity index (χ4v) is 9.77. The first kappa shape index (κ1) is 69.1. The highest BCUT2D eigenvalue weighted by molar-refractivity contribution is 5.76. The van der Waals surface area contributed by atoms with Crippen LogP contribution < -0.4 is 5.32 Å². The number of amides is 1. The van der Waals surface area contributed by atoms with Crippen molar-refractivity contribution in [1.82, 2.24) is 5.32 Å². The molecule has 0 aromatic rings. The number of aliphatic hydroxyl groups is 2. The fraction of sp³-hybridized carbons (Fsp3) is 0.877. The van der Waals surface area contributed by atoms with Gasteiger partial charge in [0.25, 0.3) is 0 Å². The van der Waals surface area contributed by atoms with Gasteiger partial charge in [0.1, 0.15) is 0 Å². The van der Waals surface area contributed by atoms with Crippen LogP contribution in [-0.4, -0.2) is 47.4 Å². The molecule has 0 radical (unpaired) electrons. The first-order valence-electron chi connectivity index (χ1n) is 31.8. The molecule has 0 aromatic carbocycles. The summed E-state index contributed by atoms with van der Waals surface area (Å²) in [4.78, 5) is 24.5. The molecule has 0 aliphatic rings. The Labute approximate surface area is 443 Å². The minimum absolute atomic E-state index is 0.00495. The lowest BCUT2D eigenvalue weighted by Crippen LogP contribution is -2.45. The zero-order valence-corrected chi connectivity index (χ0v) is 47.7. The molecule has 2 atom stereocenters. The van der Waals surface area contributed by atoms with Gasteiger partial charge in [0.15, 0.2) is 0 Å². The van der Waals surface area contributed by atoms with Gasteiger partial charge in [-0.1, -0.05) is 307 Å². The van der Waals surface area contributed by atoms with Crippen molar-refractivity contribution in [3.8, 4) is 0 Å². The molecule has 1 amide bonds. The molecule has 6 heteroatoms. The molecule has 0 fully saturated rings. The Hall–Kier alpha value is -1.92. The van der Waals surface area contributed by atoms with E-state index in [0.717, 1.165) is 51.4 Å². The van der Waals surface area contributed by atoms with E-state index < -0.39 is 12.1 Å². The number of ether oxygens (including phenoxy) is 1. The number of hydrogen-bond donors (Lipinski definition) is 3. The van der Waals surface area contributed by atoms with Gasteiger partial charge in [0.05, 0.1) is 25.4 Å². The third kappa shape index (κ3) is 57.2. The van der Waals surface area contributed by atoms with Crippen molar-refractivity contribution in [2.45, 2.75) is 353 Å². The molecule has 6 nitrogen and oxygen atoms in total. The molecule has 0 heterocycles. The summed E-state index contributed by atoms with van der Waals surface area (Å²) in [5.41, 5.74) is 0. The average Bonchev–Trinajstić information content (AvgIpc) is 3.37. The van der Waals surface area contributed by atoms with E-state index in [1.165, 1.54) is 263 Å². The van der Waals surface area contributed by atoms with Gasteiger partial charge in [0, 0.05) is 12.8 Å². The normalized spacial score (nSPS) is 12.8. The van der Waals surface area contributed by atoms with Crippen molar-refractivity contribution in [3.05, 3.63) is 36.5 Å². The largest absolute Gasteiger partial charge is 0.466 e. The topological polar surface area (TPSA) is 95.9 Å². The van der Waals surface area contributed by atoms with Crippen molar-refractivity contribution in [2.24, 2.45) is 0 Å². The highest BCUT2D eigenvalue weighted by Crippen LogP contribution is 2.18. The maximum absolute atomic E-state index is 12.4. The van der Waals surface area contributed by atoms with Crippen LogP contribution in [0.5, 0.6) is 0 Å². The van der Waals surface area contributed by atoms with Crippen LogP contribution >= 0.6 is 0 Å². The second-order valence-corrected chi connectivity index (χ2v) is 21.7. The maximum Gasteiger partial charge on any atom is 0.305 e. The van der Waals surface area contributed by atoms with Gasteiger partial charge in [-0.2, -0.15) is 0 Å². The quantitative estimate of drug-likeness (QED) is 0.0321. The Morgan fingerprint density at radius 3 is 1.11 bits per heavy atom. The van der Waals surface area contributed by atoms with Crippen molar-refractivity contribution >= 4 is 11.9 Å². The lowest BCUT2D eigenvalue weighted by atomic mass is 10.0. The van der Waals surface area contributed by atoms with E-state index >= 15 is 0 Å². The molecule has 418 valence electrons. The molecule has 0 bridgehead atoms. The van der Waals surface area contributed by atoms with Gasteiger partial charge in [-0.15, -0.1) is 0 Å². The molecule has 0 aliphatic heterocycles. The van der Waals surface area contributed by atoms with Gasteiger partial charge >= 0.3 is 5.97 Å². The van der Waals surface area contributed by atoms with Gasteiger partial charge in [0.2, 0.25) is 5.91 Å². The predicted molar refractivity (Wildman–Crippen MR) is 310 cm³/mol. The van der Waals surface area contributed by atoms with Crippen molar-refractivity contribution < 1.29 is 24.5 Å². The molecule has 0 spiro atoms. The van der Waals surface area contributed by atoms with Crippen molar-refractivity contribution in [3.63, 3.8) is 0 Å². The number of unbranched alkanes of at least 4 members (excludes halogenated alkanes) is 44. The summed E-state index contributed by atoms with van der Waals surface area (Å²) in [6.07, 6.45) is 76.4. The molecular weight excluding hydrogens is 875 g/mol. The molecular formula is C65H123NO5. The lowest BCUT2D eigenvalue weighted by Gasteiger charge is -2.20. The van der Waals surface area contributed by atoms with E-state index in [4.69, 9.17) is 4.74 Å². The average molecular weight is 999 g/mol. The maximum atomic E-state index is 12.4. The van der Waals surface area contributed by atoms with Gasteiger partial charge < -0.3 is 20.3 Å². The van der Waals surface area contributed by atoms with E-state index in [9.17, 15) is 19.8 Å². The molecule has 0 aromatic heterocycles. The van der Waals surface area contributed by atoms with Crippen LogP contribution in [0, 0.1) is 0 Å². The van der Waals surface area contributed by atoms with E-state index in [1.807, 2.05) is 6.08 Å². The Kier molecular flexibility index (Phi) is 59.0. The second kappa shape index (κ2) is 60.6. The van der Waals surface area contributed by atoms with Crippen molar-refractivity contribution in [1.29, 1.82) is 0 Å². The number of esters is 1. The smallest absolute Gasteiger partial charge is 0.305 e. The Bertz CT molecular complexity index is 1150. The summed E-state index contributed by atoms with van der Waals surface area (Å²) in [6.45, 7) is 4.85. The van der Waals surface area contributed by atoms with E-state index in [2.05, 4.69) is 43.5 Å². The third-order valence-corrected chi connectivity index (χ3v) is 14.7. The molecule has 71 heavy (non-hydrogen) atoms. The standard InChI is InChI=1S/C65H123NO5/c1-3-5-7-9-11-13-15-16-36-39-43-47-51-55-59-65(70)71-60-56-52-48-44-40-37-34-32-30-28-26-24-22-20-18-17-19-21-23-25-27-29-31-33-35-38-42-46-50-54-58-64(69)66-62(61-67)63(68)57-53-49-45-41-14-12-10-8-6-4-2/h9,11,15-16,53,57,62-63,67-68H,3-8,10,12-14,17-52,54-56,58-61H2,1-2H3,(H,66,69)/b11-9-,16-15-,57-53+. The minimum Gasteiger partial charge on any atom is -0.466 e. The number of carbonyl (C=O) groups excluding carboxylic acids is 2. The summed E-state index contributed by atoms with van der Waals surface area (Å²) in [5, 5.41) is 23.0. The lowest BCUT2D eigenvalue weighted by molar-refractivity contribution is -0.143. The summed E-state index contributed by atoms with van der Waals surface area (Å²) >= 11 is 0. The Balaban J connectivity index is 3.32. The SMILES string of the molecule is CCCC/C=C\C/C=C\CCCCCCCC(=O)OCCCCCCCCCCCCCCCCCCCCCCCCCCCCCCCCC(=O)NC(CO)C(O)/C=C/CCCCCCCCCC. The molecule has 3 N–H and O–H groups in total. The van der Waals surface area contributed by atoms with E-state index in [-0.39, 0.29) is 18.5 Å².